The molecule has 0 bridgehead atoms. The number of hydrogen-bond donors (Lipinski definition) is 0. The van der Waals surface area contributed by atoms with E-state index in [1.165, 1.54) is 0 Å². The summed E-state index contributed by atoms with van der Waals surface area (Å²) in [7, 11) is 3.41. The number of methoxy groups -OCH3 is 1. The maximum absolute atomic E-state index is 5.94. The van der Waals surface area contributed by atoms with Crippen LogP contribution in [0.4, 0.5) is 0 Å². The second-order valence-corrected chi connectivity index (χ2v) is 4.14. The maximum Gasteiger partial charge on any atom is 0.222 e. The van der Waals surface area contributed by atoms with E-state index in [0.717, 1.165) is 17.0 Å². The van der Waals surface area contributed by atoms with Gasteiger partial charge in [0.1, 0.15) is 10.7 Å². The van der Waals surface area contributed by atoms with E-state index in [0.29, 0.717) is 16.9 Å². The summed E-state index contributed by atoms with van der Waals surface area (Å²) in [5, 5.41) is 4.70. The van der Waals surface area contributed by atoms with E-state index in [1.807, 2.05) is 20.9 Å². The number of aryl methyl sites for hydroxylation is 3. The van der Waals surface area contributed by atoms with Crippen LogP contribution in [0.15, 0.2) is 6.07 Å². The van der Waals surface area contributed by atoms with Gasteiger partial charge in [-0.1, -0.05) is 11.6 Å². The van der Waals surface area contributed by atoms with Crippen LogP contribution in [0.25, 0.3) is 11.4 Å². The molecule has 2 rings (SSSR count). The molecular weight excluding hydrogens is 240 g/mol. The van der Waals surface area contributed by atoms with E-state index in [1.54, 1.807) is 17.9 Å². The standard InChI is InChI=1S/C11H13ClN4O/c1-6-5-8(12)14-10(13-6)9-7(2)15-16(3)11(9)17-4/h5H,1-4H3. The van der Waals surface area contributed by atoms with Gasteiger partial charge in [0.15, 0.2) is 5.82 Å². The second kappa shape index (κ2) is 4.33. The smallest absolute Gasteiger partial charge is 0.222 e. The fourth-order valence-corrected chi connectivity index (χ4v) is 2.01. The Kier molecular flexibility index (Phi) is 3.02. The highest BCUT2D eigenvalue weighted by molar-refractivity contribution is 6.29. The first kappa shape index (κ1) is 11.9. The summed E-state index contributed by atoms with van der Waals surface area (Å²) in [6.45, 7) is 3.76. The van der Waals surface area contributed by atoms with Crippen molar-refractivity contribution in [3.8, 4) is 17.3 Å². The van der Waals surface area contributed by atoms with Crippen LogP contribution in [0.5, 0.6) is 5.88 Å². The average Bonchev–Trinajstić information content (AvgIpc) is 2.51. The third kappa shape index (κ3) is 2.10. The van der Waals surface area contributed by atoms with Gasteiger partial charge in [-0.3, -0.25) is 0 Å². The van der Waals surface area contributed by atoms with Crippen molar-refractivity contribution in [1.82, 2.24) is 19.7 Å². The van der Waals surface area contributed by atoms with Crippen molar-refractivity contribution in [3.63, 3.8) is 0 Å². The lowest BCUT2D eigenvalue weighted by Crippen LogP contribution is -1.97. The summed E-state index contributed by atoms with van der Waals surface area (Å²) < 4.78 is 6.97. The summed E-state index contributed by atoms with van der Waals surface area (Å²) in [6.07, 6.45) is 0. The zero-order chi connectivity index (χ0) is 12.6. The molecular formula is C11H13ClN4O. The van der Waals surface area contributed by atoms with Gasteiger partial charge in [-0.2, -0.15) is 5.10 Å². The van der Waals surface area contributed by atoms with Gasteiger partial charge in [0.2, 0.25) is 5.88 Å². The van der Waals surface area contributed by atoms with Gasteiger partial charge >= 0.3 is 0 Å². The number of nitrogens with zero attached hydrogens (tertiary/aromatic N) is 4. The van der Waals surface area contributed by atoms with Gasteiger partial charge in [-0.05, 0) is 19.9 Å². The lowest BCUT2D eigenvalue weighted by Gasteiger charge is -2.05. The molecule has 2 aromatic rings. The van der Waals surface area contributed by atoms with Gasteiger partial charge < -0.3 is 4.74 Å². The Hall–Kier alpha value is -1.62. The molecule has 0 aliphatic heterocycles. The fraction of sp³-hybridized carbons (Fsp3) is 0.364. The molecule has 0 radical (unpaired) electrons. The summed E-state index contributed by atoms with van der Waals surface area (Å²) in [4.78, 5) is 8.57. The van der Waals surface area contributed by atoms with Crippen molar-refractivity contribution in [1.29, 1.82) is 0 Å². The molecule has 2 heterocycles. The van der Waals surface area contributed by atoms with Gasteiger partial charge in [0.05, 0.1) is 12.8 Å². The largest absolute Gasteiger partial charge is 0.481 e. The first-order valence-electron chi connectivity index (χ1n) is 5.12. The molecule has 0 spiro atoms. The minimum atomic E-state index is 0.415. The molecule has 5 nitrogen and oxygen atoms in total. The predicted molar refractivity (Wildman–Crippen MR) is 65.3 cm³/mol. The molecule has 2 aromatic heterocycles. The van der Waals surface area contributed by atoms with Crippen LogP contribution in [0, 0.1) is 13.8 Å². The monoisotopic (exact) mass is 252 g/mol. The van der Waals surface area contributed by atoms with Crippen LogP contribution in [0.1, 0.15) is 11.4 Å². The molecule has 0 aliphatic carbocycles. The second-order valence-electron chi connectivity index (χ2n) is 3.75. The number of rotatable bonds is 2. The fourth-order valence-electron chi connectivity index (χ4n) is 1.77. The Morgan fingerprint density at radius 1 is 1.29 bits per heavy atom. The van der Waals surface area contributed by atoms with E-state index in [-0.39, 0.29) is 0 Å². The summed E-state index contributed by atoms with van der Waals surface area (Å²) >= 11 is 5.94. The van der Waals surface area contributed by atoms with Crippen molar-refractivity contribution < 1.29 is 4.74 Å². The van der Waals surface area contributed by atoms with Crippen molar-refractivity contribution in [2.75, 3.05) is 7.11 Å². The highest BCUT2D eigenvalue weighted by Crippen LogP contribution is 2.30. The van der Waals surface area contributed by atoms with E-state index < -0.39 is 0 Å². The number of aromatic nitrogens is 4. The van der Waals surface area contributed by atoms with Gasteiger partial charge in [-0.25, -0.2) is 14.6 Å². The van der Waals surface area contributed by atoms with Crippen LogP contribution in [0.2, 0.25) is 5.15 Å². The zero-order valence-electron chi connectivity index (χ0n) is 10.2. The van der Waals surface area contributed by atoms with Crippen LogP contribution >= 0.6 is 11.6 Å². The van der Waals surface area contributed by atoms with Gasteiger partial charge in [-0.15, -0.1) is 0 Å². The molecule has 0 N–H and O–H groups in total. The summed E-state index contributed by atoms with van der Waals surface area (Å²) in [6, 6.07) is 1.71. The molecule has 0 amide bonds. The number of halogens is 1. The molecule has 0 fully saturated rings. The highest BCUT2D eigenvalue weighted by atomic mass is 35.5. The van der Waals surface area contributed by atoms with Crippen molar-refractivity contribution in [2.24, 2.45) is 7.05 Å². The van der Waals surface area contributed by atoms with E-state index in [2.05, 4.69) is 15.1 Å². The third-order valence-electron chi connectivity index (χ3n) is 2.41. The molecule has 0 aromatic carbocycles. The molecule has 90 valence electrons. The van der Waals surface area contributed by atoms with E-state index in [4.69, 9.17) is 16.3 Å². The van der Waals surface area contributed by atoms with Crippen LogP contribution < -0.4 is 4.74 Å². The molecule has 0 unspecified atom stereocenters. The third-order valence-corrected chi connectivity index (χ3v) is 2.60. The number of hydrogen-bond acceptors (Lipinski definition) is 4. The Balaban J connectivity index is 2.67. The van der Waals surface area contributed by atoms with E-state index >= 15 is 0 Å². The minimum Gasteiger partial charge on any atom is -0.481 e. The molecule has 0 atom stereocenters. The van der Waals surface area contributed by atoms with Crippen LogP contribution in [-0.4, -0.2) is 26.9 Å². The zero-order valence-corrected chi connectivity index (χ0v) is 10.9. The Morgan fingerprint density at radius 2 is 2.00 bits per heavy atom. The first-order chi connectivity index (χ1) is 8.02. The molecule has 0 saturated heterocycles. The highest BCUT2D eigenvalue weighted by Gasteiger charge is 2.18. The molecule has 17 heavy (non-hydrogen) atoms. The van der Waals surface area contributed by atoms with Crippen LogP contribution in [-0.2, 0) is 7.05 Å². The SMILES string of the molecule is COc1c(-c2nc(C)cc(Cl)n2)c(C)nn1C. The van der Waals surface area contributed by atoms with Crippen molar-refractivity contribution in [2.45, 2.75) is 13.8 Å². The first-order valence-corrected chi connectivity index (χ1v) is 5.50. The van der Waals surface area contributed by atoms with Crippen LogP contribution in [0.3, 0.4) is 0 Å². The Labute approximate surface area is 104 Å². The summed E-state index contributed by atoms with van der Waals surface area (Å²) in [5.74, 6) is 1.17. The average molecular weight is 253 g/mol. The van der Waals surface area contributed by atoms with E-state index in [9.17, 15) is 0 Å². The maximum atomic E-state index is 5.94. The number of ether oxygens (including phenoxy) is 1. The predicted octanol–water partition coefficient (Wildman–Crippen LogP) is 2.16. The summed E-state index contributed by atoms with van der Waals surface area (Å²) in [5.41, 5.74) is 2.40. The normalized spacial score (nSPS) is 10.6. The molecule has 0 saturated carbocycles. The molecule has 6 heteroatoms. The Morgan fingerprint density at radius 3 is 2.59 bits per heavy atom. The van der Waals surface area contributed by atoms with Crippen molar-refractivity contribution in [3.05, 3.63) is 22.6 Å². The van der Waals surface area contributed by atoms with Gasteiger partial charge in [0, 0.05) is 12.7 Å². The topological polar surface area (TPSA) is 52.8 Å². The van der Waals surface area contributed by atoms with Crippen molar-refractivity contribution >= 4 is 11.6 Å². The van der Waals surface area contributed by atoms with Gasteiger partial charge in [0.25, 0.3) is 0 Å². The minimum absolute atomic E-state index is 0.415. The Bertz CT molecular complexity index is 545. The lowest BCUT2D eigenvalue weighted by atomic mass is 10.2. The molecule has 0 aliphatic rings. The quantitative estimate of drug-likeness (QED) is 0.769. The lowest BCUT2D eigenvalue weighted by molar-refractivity contribution is 0.374.